The van der Waals surface area contributed by atoms with Crippen LogP contribution >= 0.6 is 0 Å². The van der Waals surface area contributed by atoms with Crippen LogP contribution in [0.5, 0.6) is 5.75 Å². The molecule has 0 bridgehead atoms. The third-order valence-electron chi connectivity index (χ3n) is 3.85. The number of amides is 1. The number of carbonyl (C=O) groups is 1. The predicted molar refractivity (Wildman–Crippen MR) is 92.5 cm³/mol. The van der Waals surface area contributed by atoms with Gasteiger partial charge >= 0.3 is 6.36 Å². The van der Waals surface area contributed by atoms with Gasteiger partial charge in [0.25, 0.3) is 0 Å². The van der Waals surface area contributed by atoms with E-state index in [1.54, 1.807) is 32.1 Å². The van der Waals surface area contributed by atoms with Gasteiger partial charge in [0, 0.05) is 19.2 Å². The Kier molecular flexibility index (Phi) is 6.26. The average Bonchev–Trinajstić information content (AvgIpc) is 2.56. The minimum Gasteiger partial charge on any atom is -0.405 e. The molecule has 0 aromatic heterocycles. The number of nitrogens with zero attached hydrogens (tertiary/aromatic N) is 2. The van der Waals surface area contributed by atoms with E-state index in [9.17, 15) is 18.0 Å². The molecule has 1 amide bonds. The number of hydrogen-bond donors (Lipinski definition) is 0. The van der Waals surface area contributed by atoms with Crippen LogP contribution in [-0.2, 0) is 11.3 Å². The summed E-state index contributed by atoms with van der Waals surface area (Å²) in [5.74, 6) is -0.524. The van der Waals surface area contributed by atoms with E-state index >= 15 is 0 Å². The number of rotatable bonds is 6. The lowest BCUT2D eigenvalue weighted by Crippen LogP contribution is -2.38. The molecule has 0 aliphatic rings. The standard InChI is InChI=1S/C19H21F3N2O2/c1-23(2)17(14-9-5-4-6-10-14)18(25)24(3)13-15-11-7-8-12-16(15)26-19(20,21)22/h4-12,17H,13H2,1-3H3/t17-/m1/s1. The molecule has 2 aromatic rings. The molecule has 0 unspecified atom stereocenters. The molecule has 1 atom stereocenters. The van der Waals surface area contributed by atoms with Gasteiger partial charge in [0.15, 0.2) is 0 Å². The maximum Gasteiger partial charge on any atom is 0.573 e. The van der Waals surface area contributed by atoms with Gasteiger partial charge < -0.3 is 9.64 Å². The third-order valence-corrected chi connectivity index (χ3v) is 3.85. The van der Waals surface area contributed by atoms with Crippen LogP contribution in [0.25, 0.3) is 0 Å². The van der Waals surface area contributed by atoms with Crippen LogP contribution in [0.1, 0.15) is 17.2 Å². The van der Waals surface area contributed by atoms with Crippen molar-refractivity contribution < 1.29 is 22.7 Å². The van der Waals surface area contributed by atoms with Gasteiger partial charge in [0.05, 0.1) is 0 Å². The molecule has 4 nitrogen and oxygen atoms in total. The first-order valence-electron chi connectivity index (χ1n) is 7.99. The summed E-state index contributed by atoms with van der Waals surface area (Å²) in [7, 11) is 5.13. The summed E-state index contributed by atoms with van der Waals surface area (Å²) < 4.78 is 41.7. The first-order valence-corrected chi connectivity index (χ1v) is 7.99. The van der Waals surface area contributed by atoms with Crippen molar-refractivity contribution in [3.05, 3.63) is 65.7 Å². The fourth-order valence-electron chi connectivity index (χ4n) is 2.70. The van der Waals surface area contributed by atoms with Crippen molar-refractivity contribution in [2.45, 2.75) is 18.9 Å². The van der Waals surface area contributed by atoms with Crippen LogP contribution in [0.4, 0.5) is 13.2 Å². The molecule has 7 heteroatoms. The number of ether oxygens (including phenoxy) is 1. The van der Waals surface area contributed by atoms with E-state index < -0.39 is 12.4 Å². The van der Waals surface area contributed by atoms with Crippen LogP contribution in [0, 0.1) is 0 Å². The van der Waals surface area contributed by atoms with E-state index in [1.165, 1.54) is 23.1 Å². The molecule has 0 fully saturated rings. The quantitative estimate of drug-likeness (QED) is 0.779. The average molecular weight is 366 g/mol. The SMILES string of the molecule is CN(Cc1ccccc1OC(F)(F)F)C(=O)[C@@H](c1ccccc1)N(C)C. The van der Waals surface area contributed by atoms with Gasteiger partial charge in [-0.1, -0.05) is 48.5 Å². The van der Waals surface area contributed by atoms with E-state index in [1.807, 2.05) is 30.3 Å². The lowest BCUT2D eigenvalue weighted by molar-refractivity contribution is -0.275. The molecule has 0 aliphatic carbocycles. The van der Waals surface area contributed by atoms with Crippen LogP contribution in [0.2, 0.25) is 0 Å². The highest BCUT2D eigenvalue weighted by molar-refractivity contribution is 5.83. The van der Waals surface area contributed by atoms with Crippen molar-refractivity contribution >= 4 is 5.91 Å². The molecule has 140 valence electrons. The monoisotopic (exact) mass is 366 g/mol. The molecule has 0 saturated heterocycles. The first kappa shape index (κ1) is 19.8. The Hall–Kier alpha value is -2.54. The number of alkyl halides is 3. The van der Waals surface area contributed by atoms with Crippen LogP contribution in [0.3, 0.4) is 0 Å². The number of carbonyl (C=O) groups excluding carboxylic acids is 1. The summed E-state index contributed by atoms with van der Waals surface area (Å²) in [6.07, 6.45) is -4.78. The van der Waals surface area contributed by atoms with E-state index in [-0.39, 0.29) is 23.8 Å². The Morgan fingerprint density at radius 1 is 1.00 bits per heavy atom. The summed E-state index contributed by atoms with van der Waals surface area (Å²) >= 11 is 0. The maximum atomic E-state index is 12.9. The second kappa shape index (κ2) is 8.23. The molecule has 0 saturated carbocycles. The summed E-state index contributed by atoms with van der Waals surface area (Å²) in [5, 5.41) is 0. The van der Waals surface area contributed by atoms with Crippen LogP contribution < -0.4 is 4.74 Å². The number of benzene rings is 2. The molecule has 2 aromatic carbocycles. The lowest BCUT2D eigenvalue weighted by Gasteiger charge is -2.29. The van der Waals surface area contributed by atoms with Crippen LogP contribution in [-0.4, -0.2) is 43.2 Å². The zero-order valence-electron chi connectivity index (χ0n) is 14.8. The Morgan fingerprint density at radius 3 is 2.15 bits per heavy atom. The Balaban J connectivity index is 2.21. The molecule has 0 N–H and O–H groups in total. The van der Waals surface area contributed by atoms with Gasteiger partial charge in [-0.15, -0.1) is 13.2 Å². The van der Waals surface area contributed by atoms with Gasteiger partial charge in [-0.3, -0.25) is 9.69 Å². The lowest BCUT2D eigenvalue weighted by atomic mass is 10.0. The highest BCUT2D eigenvalue weighted by Gasteiger charge is 2.32. The molecule has 0 spiro atoms. The second-order valence-corrected chi connectivity index (χ2v) is 6.13. The summed E-state index contributed by atoms with van der Waals surface area (Å²) in [6, 6.07) is 14.5. The highest BCUT2D eigenvalue weighted by Crippen LogP contribution is 2.28. The van der Waals surface area contributed by atoms with E-state index in [4.69, 9.17) is 0 Å². The topological polar surface area (TPSA) is 32.8 Å². The first-order chi connectivity index (χ1) is 12.2. The van der Waals surface area contributed by atoms with Gasteiger partial charge in [-0.05, 0) is 25.7 Å². The van der Waals surface area contributed by atoms with Gasteiger partial charge in [-0.25, -0.2) is 0 Å². The summed E-state index contributed by atoms with van der Waals surface area (Å²) in [4.78, 5) is 16.1. The zero-order chi connectivity index (χ0) is 19.3. The largest absolute Gasteiger partial charge is 0.573 e. The van der Waals surface area contributed by atoms with Crippen molar-refractivity contribution in [3.63, 3.8) is 0 Å². The van der Waals surface area contributed by atoms with Gasteiger partial charge in [0.1, 0.15) is 11.8 Å². The second-order valence-electron chi connectivity index (χ2n) is 6.13. The Bertz CT molecular complexity index is 733. The fourth-order valence-corrected chi connectivity index (χ4v) is 2.70. The minimum absolute atomic E-state index is 0.00224. The Labute approximate surface area is 150 Å². The highest BCUT2D eigenvalue weighted by atomic mass is 19.4. The predicted octanol–water partition coefficient (Wildman–Crippen LogP) is 3.85. The maximum absolute atomic E-state index is 12.9. The summed E-state index contributed by atoms with van der Waals surface area (Å²) in [6.45, 7) is 0.00224. The van der Waals surface area contributed by atoms with Gasteiger partial charge in [-0.2, -0.15) is 0 Å². The number of halogens is 3. The Morgan fingerprint density at radius 2 is 1.58 bits per heavy atom. The third kappa shape index (κ3) is 5.23. The molecule has 0 heterocycles. The molecular formula is C19H21F3N2O2. The zero-order valence-corrected chi connectivity index (χ0v) is 14.8. The fraction of sp³-hybridized carbons (Fsp3) is 0.316. The molecule has 26 heavy (non-hydrogen) atoms. The van der Waals surface area contributed by atoms with Crippen molar-refractivity contribution in [2.75, 3.05) is 21.1 Å². The number of hydrogen-bond acceptors (Lipinski definition) is 3. The number of para-hydroxylation sites is 1. The van der Waals surface area contributed by atoms with Crippen LogP contribution in [0.15, 0.2) is 54.6 Å². The van der Waals surface area contributed by atoms with E-state index in [2.05, 4.69) is 4.74 Å². The smallest absolute Gasteiger partial charge is 0.405 e. The minimum atomic E-state index is -4.78. The van der Waals surface area contributed by atoms with E-state index in [0.717, 1.165) is 5.56 Å². The van der Waals surface area contributed by atoms with Crippen molar-refractivity contribution in [1.29, 1.82) is 0 Å². The van der Waals surface area contributed by atoms with E-state index in [0.29, 0.717) is 0 Å². The van der Waals surface area contributed by atoms with Crippen molar-refractivity contribution in [1.82, 2.24) is 9.80 Å². The molecular weight excluding hydrogens is 345 g/mol. The summed E-state index contributed by atoms with van der Waals surface area (Å²) in [5.41, 5.74) is 1.10. The normalized spacial score (nSPS) is 12.7. The molecule has 0 radical (unpaired) electrons. The van der Waals surface area contributed by atoms with Gasteiger partial charge in [0.2, 0.25) is 5.91 Å². The van der Waals surface area contributed by atoms with Crippen molar-refractivity contribution in [2.24, 2.45) is 0 Å². The molecule has 0 aliphatic heterocycles. The van der Waals surface area contributed by atoms with Crippen molar-refractivity contribution in [3.8, 4) is 5.75 Å². The molecule has 2 rings (SSSR count). The number of likely N-dealkylation sites (N-methyl/N-ethyl adjacent to an activating group) is 2.